The first kappa shape index (κ1) is 10.9. The molecule has 0 aliphatic carbocycles. The Morgan fingerprint density at radius 1 is 1.64 bits per heavy atom. The number of rotatable bonds is 5. The van der Waals surface area contributed by atoms with Crippen molar-refractivity contribution in [3.8, 4) is 0 Å². The van der Waals surface area contributed by atoms with Crippen LogP contribution in [-0.4, -0.2) is 11.5 Å². The van der Waals surface area contributed by atoms with E-state index in [9.17, 15) is 0 Å². The zero-order valence-corrected chi connectivity index (χ0v) is 8.96. The monoisotopic (exact) mass is 190 g/mol. The highest BCUT2D eigenvalue weighted by Crippen LogP contribution is 2.09. The molecule has 1 heterocycles. The van der Waals surface area contributed by atoms with Crippen molar-refractivity contribution in [2.45, 2.75) is 26.3 Å². The average molecular weight is 190 g/mol. The Bertz CT molecular complexity index is 280. The van der Waals surface area contributed by atoms with Gasteiger partial charge in [-0.1, -0.05) is 11.6 Å². The number of nitrogens with zero attached hydrogens (tertiary/aromatic N) is 1. The van der Waals surface area contributed by atoms with Gasteiger partial charge in [-0.15, -0.1) is 6.58 Å². The highest BCUT2D eigenvalue weighted by Gasteiger charge is 2.02. The van der Waals surface area contributed by atoms with E-state index in [2.05, 4.69) is 36.8 Å². The van der Waals surface area contributed by atoms with Gasteiger partial charge in [-0.3, -0.25) is 4.98 Å². The maximum atomic E-state index is 4.09. The highest BCUT2D eigenvalue weighted by atomic mass is 14.9. The Balaban J connectivity index is 2.36. The third-order valence-corrected chi connectivity index (χ3v) is 2.19. The van der Waals surface area contributed by atoms with Gasteiger partial charge in [0.15, 0.2) is 0 Å². The third kappa shape index (κ3) is 3.71. The van der Waals surface area contributed by atoms with Crippen LogP contribution in [0, 0.1) is 0 Å². The van der Waals surface area contributed by atoms with Gasteiger partial charge in [0.2, 0.25) is 0 Å². The Hall–Kier alpha value is -1.15. The van der Waals surface area contributed by atoms with Crippen molar-refractivity contribution in [1.29, 1.82) is 0 Å². The average Bonchev–Trinajstić information content (AvgIpc) is 2.18. The van der Waals surface area contributed by atoms with Gasteiger partial charge in [-0.25, -0.2) is 0 Å². The summed E-state index contributed by atoms with van der Waals surface area (Å²) in [6.45, 7) is 9.05. The van der Waals surface area contributed by atoms with Gasteiger partial charge in [-0.2, -0.15) is 0 Å². The van der Waals surface area contributed by atoms with E-state index in [4.69, 9.17) is 0 Å². The normalized spacial score (nSPS) is 12.4. The second-order valence-electron chi connectivity index (χ2n) is 3.67. The second kappa shape index (κ2) is 5.55. The first-order valence-electron chi connectivity index (χ1n) is 4.98. The summed E-state index contributed by atoms with van der Waals surface area (Å²) in [5.74, 6) is 0. The Morgan fingerprint density at radius 2 is 2.43 bits per heavy atom. The summed E-state index contributed by atoms with van der Waals surface area (Å²) in [7, 11) is 0. The number of hydrogen-bond donors (Lipinski definition) is 1. The second-order valence-corrected chi connectivity index (χ2v) is 3.67. The van der Waals surface area contributed by atoms with Crippen LogP contribution in [-0.2, 0) is 0 Å². The van der Waals surface area contributed by atoms with Crippen molar-refractivity contribution in [1.82, 2.24) is 10.3 Å². The summed E-state index contributed by atoms with van der Waals surface area (Å²) >= 11 is 0. The minimum Gasteiger partial charge on any atom is -0.310 e. The molecular weight excluding hydrogens is 172 g/mol. The summed E-state index contributed by atoms with van der Waals surface area (Å²) in [4.78, 5) is 4.09. The van der Waals surface area contributed by atoms with Crippen molar-refractivity contribution >= 4 is 0 Å². The molecular formula is C12H18N2. The summed E-state index contributed by atoms with van der Waals surface area (Å²) in [5.41, 5.74) is 2.45. The van der Waals surface area contributed by atoms with Crippen LogP contribution < -0.4 is 5.32 Å². The zero-order chi connectivity index (χ0) is 10.4. The quantitative estimate of drug-likeness (QED) is 0.722. The van der Waals surface area contributed by atoms with Crippen molar-refractivity contribution in [2.24, 2.45) is 0 Å². The van der Waals surface area contributed by atoms with Crippen LogP contribution in [0.2, 0.25) is 0 Å². The lowest BCUT2D eigenvalue weighted by Crippen LogP contribution is -2.19. The Labute approximate surface area is 86.1 Å². The van der Waals surface area contributed by atoms with E-state index >= 15 is 0 Å². The van der Waals surface area contributed by atoms with Crippen LogP contribution in [0.25, 0.3) is 0 Å². The van der Waals surface area contributed by atoms with E-state index in [-0.39, 0.29) is 0 Å². The Kier molecular flexibility index (Phi) is 4.33. The van der Waals surface area contributed by atoms with Gasteiger partial charge < -0.3 is 5.32 Å². The van der Waals surface area contributed by atoms with Crippen molar-refractivity contribution in [3.63, 3.8) is 0 Å². The van der Waals surface area contributed by atoms with Gasteiger partial charge in [-0.05, 0) is 38.4 Å². The lowest BCUT2D eigenvalue weighted by atomic mass is 10.1. The number of aromatic nitrogens is 1. The summed E-state index contributed by atoms with van der Waals surface area (Å²) in [6, 6.07) is 4.42. The number of hydrogen-bond acceptors (Lipinski definition) is 2. The molecule has 0 aliphatic rings. The molecule has 0 aromatic carbocycles. The fraction of sp³-hybridized carbons (Fsp3) is 0.417. The van der Waals surface area contributed by atoms with Gasteiger partial charge in [0.1, 0.15) is 0 Å². The summed E-state index contributed by atoms with van der Waals surface area (Å²) in [5, 5.41) is 3.43. The van der Waals surface area contributed by atoms with Crippen LogP contribution in [0.15, 0.2) is 36.7 Å². The molecule has 0 radical (unpaired) electrons. The Morgan fingerprint density at radius 3 is 3.00 bits per heavy atom. The standard InChI is InChI=1S/C12H18N2/c1-10(2)6-8-14-11(3)12-5-4-7-13-9-12/h4-5,7,9,11,14H,1,6,8H2,2-3H3/t11-/m1/s1. The molecule has 1 aromatic rings. The molecule has 0 bridgehead atoms. The van der Waals surface area contributed by atoms with Gasteiger partial charge in [0.05, 0.1) is 0 Å². The fourth-order valence-corrected chi connectivity index (χ4v) is 1.25. The van der Waals surface area contributed by atoms with E-state index in [1.807, 2.05) is 12.3 Å². The lowest BCUT2D eigenvalue weighted by molar-refractivity contribution is 0.574. The van der Waals surface area contributed by atoms with Crippen LogP contribution >= 0.6 is 0 Å². The molecule has 1 N–H and O–H groups in total. The first-order valence-corrected chi connectivity index (χ1v) is 4.98. The summed E-state index contributed by atoms with van der Waals surface area (Å²) < 4.78 is 0. The molecule has 0 amide bonds. The molecule has 0 unspecified atom stereocenters. The van der Waals surface area contributed by atoms with Gasteiger partial charge in [0, 0.05) is 18.4 Å². The predicted octanol–water partition coefficient (Wildman–Crippen LogP) is 2.70. The molecule has 14 heavy (non-hydrogen) atoms. The third-order valence-electron chi connectivity index (χ3n) is 2.19. The summed E-state index contributed by atoms with van der Waals surface area (Å²) in [6.07, 6.45) is 4.73. The maximum Gasteiger partial charge on any atom is 0.0315 e. The molecule has 1 aromatic heterocycles. The number of nitrogens with one attached hydrogen (secondary N) is 1. The number of pyridine rings is 1. The van der Waals surface area contributed by atoms with Crippen molar-refractivity contribution < 1.29 is 0 Å². The molecule has 0 fully saturated rings. The largest absolute Gasteiger partial charge is 0.310 e. The van der Waals surface area contributed by atoms with E-state index in [0.29, 0.717) is 6.04 Å². The van der Waals surface area contributed by atoms with Gasteiger partial charge in [0.25, 0.3) is 0 Å². The predicted molar refractivity (Wildman–Crippen MR) is 60.1 cm³/mol. The van der Waals surface area contributed by atoms with Crippen LogP contribution in [0.3, 0.4) is 0 Å². The zero-order valence-electron chi connectivity index (χ0n) is 8.96. The van der Waals surface area contributed by atoms with Crippen molar-refractivity contribution in [3.05, 3.63) is 42.2 Å². The molecule has 2 nitrogen and oxygen atoms in total. The molecule has 2 heteroatoms. The maximum absolute atomic E-state index is 4.09. The molecule has 76 valence electrons. The lowest BCUT2D eigenvalue weighted by Gasteiger charge is -2.13. The van der Waals surface area contributed by atoms with E-state index < -0.39 is 0 Å². The molecule has 0 saturated heterocycles. The fourth-order valence-electron chi connectivity index (χ4n) is 1.25. The van der Waals surface area contributed by atoms with Crippen LogP contribution in [0.4, 0.5) is 0 Å². The molecule has 1 atom stereocenters. The molecule has 0 spiro atoms. The topological polar surface area (TPSA) is 24.9 Å². The molecule has 1 rings (SSSR count). The minimum atomic E-state index is 0.364. The van der Waals surface area contributed by atoms with E-state index in [1.54, 1.807) is 6.20 Å². The SMILES string of the molecule is C=C(C)CCN[C@H](C)c1cccnc1. The molecule has 0 aliphatic heterocycles. The molecule has 0 saturated carbocycles. The van der Waals surface area contributed by atoms with Crippen molar-refractivity contribution in [2.75, 3.05) is 6.54 Å². The van der Waals surface area contributed by atoms with E-state index in [1.165, 1.54) is 11.1 Å². The highest BCUT2D eigenvalue weighted by molar-refractivity contribution is 5.12. The van der Waals surface area contributed by atoms with Gasteiger partial charge >= 0.3 is 0 Å². The van der Waals surface area contributed by atoms with Crippen LogP contribution in [0.5, 0.6) is 0 Å². The van der Waals surface area contributed by atoms with E-state index in [0.717, 1.165) is 13.0 Å². The first-order chi connectivity index (χ1) is 6.70. The van der Waals surface area contributed by atoms with Crippen LogP contribution in [0.1, 0.15) is 31.9 Å². The smallest absolute Gasteiger partial charge is 0.0315 e. The minimum absolute atomic E-state index is 0.364.